The first-order valence-corrected chi connectivity index (χ1v) is 10.4. The lowest BCUT2D eigenvalue weighted by Gasteiger charge is -2.32. The second-order valence-electron chi connectivity index (χ2n) is 9.55. The summed E-state index contributed by atoms with van der Waals surface area (Å²) < 4.78 is 5.55. The number of likely N-dealkylation sites (tertiary alicyclic amines) is 1. The number of aromatic nitrogens is 2. The highest BCUT2D eigenvalue weighted by molar-refractivity contribution is 5.76. The van der Waals surface area contributed by atoms with E-state index in [-0.39, 0.29) is 17.2 Å². The van der Waals surface area contributed by atoms with Crippen molar-refractivity contribution in [3.8, 4) is 11.4 Å². The highest BCUT2D eigenvalue weighted by Gasteiger charge is 2.28. The van der Waals surface area contributed by atoms with E-state index in [1.54, 1.807) is 0 Å². The Morgan fingerprint density at radius 2 is 2.00 bits per heavy atom. The lowest BCUT2D eigenvalue weighted by molar-refractivity contribution is -0.133. The van der Waals surface area contributed by atoms with Crippen molar-refractivity contribution in [1.29, 1.82) is 0 Å². The lowest BCUT2D eigenvalue weighted by atomic mass is 9.84. The number of carbonyl (C=O) groups excluding carboxylic acids is 1. The molecule has 1 aromatic carbocycles. The molecule has 1 atom stereocenters. The van der Waals surface area contributed by atoms with Gasteiger partial charge < -0.3 is 9.42 Å². The van der Waals surface area contributed by atoms with Crippen LogP contribution in [0.3, 0.4) is 0 Å². The van der Waals surface area contributed by atoms with Gasteiger partial charge in [0.15, 0.2) is 0 Å². The van der Waals surface area contributed by atoms with Crippen LogP contribution in [0.25, 0.3) is 11.4 Å². The maximum absolute atomic E-state index is 12.6. The maximum atomic E-state index is 12.6. The number of piperidine rings is 1. The van der Waals surface area contributed by atoms with Crippen LogP contribution in [0.2, 0.25) is 0 Å². The van der Waals surface area contributed by atoms with E-state index in [0.29, 0.717) is 24.1 Å². The number of nitrogens with zero attached hydrogens (tertiary/aromatic N) is 3. The molecule has 1 fully saturated rings. The number of hydrogen-bond acceptors (Lipinski definition) is 4. The van der Waals surface area contributed by atoms with Crippen LogP contribution in [-0.4, -0.2) is 34.0 Å². The molecule has 3 rings (SSSR count). The summed E-state index contributed by atoms with van der Waals surface area (Å²) in [7, 11) is 0. The van der Waals surface area contributed by atoms with E-state index in [1.165, 1.54) is 5.56 Å². The smallest absolute Gasteiger partial charge is 0.230 e. The van der Waals surface area contributed by atoms with Gasteiger partial charge >= 0.3 is 0 Å². The van der Waals surface area contributed by atoms with Crippen LogP contribution < -0.4 is 0 Å². The normalized spacial score (nSPS) is 17.0. The van der Waals surface area contributed by atoms with E-state index >= 15 is 0 Å². The van der Waals surface area contributed by atoms with E-state index < -0.39 is 0 Å². The first kappa shape index (κ1) is 20.6. The average Bonchev–Trinajstić information content (AvgIpc) is 3.10. The zero-order valence-corrected chi connectivity index (χ0v) is 17.9. The molecule has 0 spiro atoms. The molecule has 5 nitrogen and oxygen atoms in total. The first-order valence-electron chi connectivity index (χ1n) is 10.4. The Hall–Kier alpha value is -2.17. The molecular weight excluding hydrogens is 350 g/mol. The molecule has 0 radical (unpaired) electrons. The molecule has 0 aliphatic carbocycles. The van der Waals surface area contributed by atoms with E-state index in [0.717, 1.165) is 37.9 Å². The van der Waals surface area contributed by atoms with Crippen molar-refractivity contribution >= 4 is 5.91 Å². The molecule has 0 saturated carbocycles. The summed E-state index contributed by atoms with van der Waals surface area (Å²) in [6.07, 6.45) is 3.47. The van der Waals surface area contributed by atoms with Crippen molar-refractivity contribution in [1.82, 2.24) is 15.0 Å². The number of rotatable bonds is 5. The topological polar surface area (TPSA) is 59.2 Å². The van der Waals surface area contributed by atoms with Crippen LogP contribution in [0.4, 0.5) is 0 Å². The molecule has 1 aliphatic heterocycles. The minimum absolute atomic E-state index is 0.238. The quantitative estimate of drug-likeness (QED) is 0.711. The van der Waals surface area contributed by atoms with Crippen LogP contribution in [0.5, 0.6) is 0 Å². The van der Waals surface area contributed by atoms with Gasteiger partial charge in [-0.05, 0) is 43.6 Å². The van der Waals surface area contributed by atoms with E-state index in [2.05, 4.69) is 56.9 Å². The summed E-state index contributed by atoms with van der Waals surface area (Å²) in [6, 6.07) is 8.13. The predicted molar refractivity (Wildman–Crippen MR) is 111 cm³/mol. The Balaban J connectivity index is 1.53. The molecule has 1 aliphatic rings. The summed E-state index contributed by atoms with van der Waals surface area (Å²) >= 11 is 0. The van der Waals surface area contributed by atoms with Crippen molar-refractivity contribution < 1.29 is 9.32 Å². The van der Waals surface area contributed by atoms with Gasteiger partial charge in [-0.1, -0.05) is 56.6 Å². The molecule has 5 heteroatoms. The van der Waals surface area contributed by atoms with E-state index in [1.807, 2.05) is 17.0 Å². The minimum atomic E-state index is 0.238. The largest absolute Gasteiger partial charge is 0.343 e. The zero-order chi connectivity index (χ0) is 20.3. The molecule has 1 amide bonds. The summed E-state index contributed by atoms with van der Waals surface area (Å²) in [4.78, 5) is 19.3. The first-order chi connectivity index (χ1) is 13.2. The molecule has 1 saturated heterocycles. The Kier molecular flexibility index (Phi) is 6.21. The molecule has 28 heavy (non-hydrogen) atoms. The Morgan fingerprint density at radius 1 is 1.29 bits per heavy atom. The molecular formula is C23H33N3O2. The lowest BCUT2D eigenvalue weighted by Crippen LogP contribution is -2.38. The van der Waals surface area contributed by atoms with Crippen molar-refractivity contribution in [2.75, 3.05) is 13.1 Å². The molecule has 1 aromatic heterocycles. The van der Waals surface area contributed by atoms with Crippen LogP contribution in [0.1, 0.15) is 70.8 Å². The molecule has 152 valence electrons. The highest BCUT2D eigenvalue weighted by atomic mass is 16.5. The third-order valence-corrected chi connectivity index (χ3v) is 5.40. The van der Waals surface area contributed by atoms with Gasteiger partial charge in [0.25, 0.3) is 0 Å². The van der Waals surface area contributed by atoms with Crippen molar-refractivity contribution in [3.63, 3.8) is 0 Å². The van der Waals surface area contributed by atoms with Crippen molar-refractivity contribution in [2.45, 2.75) is 66.2 Å². The summed E-state index contributed by atoms with van der Waals surface area (Å²) in [5.74, 6) is 2.28. The summed E-state index contributed by atoms with van der Waals surface area (Å²) in [5, 5.41) is 4.16. The van der Waals surface area contributed by atoms with Gasteiger partial charge in [0.05, 0.1) is 0 Å². The van der Waals surface area contributed by atoms with Crippen LogP contribution >= 0.6 is 0 Å². The summed E-state index contributed by atoms with van der Waals surface area (Å²) in [6.45, 7) is 12.5. The summed E-state index contributed by atoms with van der Waals surface area (Å²) in [5.41, 5.74) is 2.42. The highest BCUT2D eigenvalue weighted by Crippen LogP contribution is 2.30. The fraction of sp³-hybridized carbons (Fsp3) is 0.609. The van der Waals surface area contributed by atoms with Crippen molar-refractivity contribution in [2.24, 2.45) is 11.3 Å². The number of aryl methyl sites for hydroxylation is 1. The molecule has 0 bridgehead atoms. The van der Waals surface area contributed by atoms with Crippen LogP contribution in [-0.2, 0) is 4.79 Å². The number of hydrogen-bond donors (Lipinski definition) is 0. The second kappa shape index (κ2) is 8.46. The number of carbonyl (C=O) groups is 1. The second-order valence-corrected chi connectivity index (χ2v) is 9.55. The maximum Gasteiger partial charge on any atom is 0.230 e. The van der Waals surface area contributed by atoms with Crippen molar-refractivity contribution in [3.05, 3.63) is 35.7 Å². The SMILES string of the molecule is Cc1cccc(-c2noc(C3CCN(C(=O)CC(C)CC(C)(C)C)CC3)n2)c1. The molecule has 2 aromatic rings. The number of benzene rings is 1. The third-order valence-electron chi connectivity index (χ3n) is 5.40. The Labute approximate surface area is 168 Å². The van der Waals surface area contributed by atoms with E-state index in [4.69, 9.17) is 4.52 Å². The van der Waals surface area contributed by atoms with Crippen LogP contribution in [0.15, 0.2) is 28.8 Å². The minimum Gasteiger partial charge on any atom is -0.343 e. The van der Waals surface area contributed by atoms with Crippen LogP contribution in [0, 0.1) is 18.3 Å². The van der Waals surface area contributed by atoms with Gasteiger partial charge in [-0.15, -0.1) is 0 Å². The van der Waals surface area contributed by atoms with Gasteiger partial charge in [0.1, 0.15) is 0 Å². The van der Waals surface area contributed by atoms with Gasteiger partial charge in [-0.25, -0.2) is 0 Å². The average molecular weight is 384 g/mol. The molecule has 2 heterocycles. The molecule has 1 unspecified atom stereocenters. The van der Waals surface area contributed by atoms with Gasteiger partial charge in [0, 0.05) is 31.0 Å². The standard InChI is InChI=1S/C23H33N3O2/c1-16-7-6-8-19(13-16)21-24-22(28-25-21)18-9-11-26(12-10-18)20(27)14-17(2)15-23(3,4)5/h6-8,13,17-18H,9-12,14-15H2,1-5H3. The molecule has 0 N–H and O–H groups in total. The van der Waals surface area contributed by atoms with Gasteiger partial charge in [-0.3, -0.25) is 4.79 Å². The van der Waals surface area contributed by atoms with Gasteiger partial charge in [0.2, 0.25) is 17.6 Å². The fourth-order valence-corrected chi connectivity index (χ4v) is 4.22. The van der Waals surface area contributed by atoms with E-state index in [9.17, 15) is 4.79 Å². The Bertz CT molecular complexity index is 798. The Morgan fingerprint density at radius 3 is 2.64 bits per heavy atom. The monoisotopic (exact) mass is 383 g/mol. The fourth-order valence-electron chi connectivity index (χ4n) is 4.22. The third kappa shape index (κ3) is 5.43. The predicted octanol–water partition coefficient (Wildman–Crippen LogP) is 5.21. The zero-order valence-electron chi connectivity index (χ0n) is 17.9. The number of amides is 1. The van der Waals surface area contributed by atoms with Gasteiger partial charge in [-0.2, -0.15) is 4.98 Å².